The summed E-state index contributed by atoms with van der Waals surface area (Å²) in [5.41, 5.74) is 9.01. The summed E-state index contributed by atoms with van der Waals surface area (Å²) in [6.45, 7) is 3.33. The number of carbonyl (C=O) groups excluding carboxylic acids is 1. The van der Waals surface area contributed by atoms with Crippen LogP contribution in [0.25, 0.3) is 0 Å². The van der Waals surface area contributed by atoms with Crippen LogP contribution in [0, 0.1) is 0 Å². The van der Waals surface area contributed by atoms with Crippen molar-refractivity contribution in [2.24, 2.45) is 0 Å². The summed E-state index contributed by atoms with van der Waals surface area (Å²) in [4.78, 5) is 14.7. The van der Waals surface area contributed by atoms with Gasteiger partial charge in [-0.25, -0.2) is 0 Å². The highest BCUT2D eigenvalue weighted by atomic mass is 16.1. The number of nitrogens with zero attached hydrogens (tertiary/aromatic N) is 1. The number of nitrogens with one attached hydrogen (secondary N) is 1. The molecule has 3 rings (SSSR count). The number of hydrogen-bond donors (Lipinski definition) is 2. The zero-order valence-electron chi connectivity index (χ0n) is 13.3. The van der Waals surface area contributed by atoms with Gasteiger partial charge in [-0.1, -0.05) is 18.6 Å². The molecule has 1 amide bonds. The lowest BCUT2D eigenvalue weighted by molar-refractivity contribution is 0.102. The van der Waals surface area contributed by atoms with Crippen molar-refractivity contribution in [3.8, 4) is 0 Å². The molecule has 0 aromatic heterocycles. The summed E-state index contributed by atoms with van der Waals surface area (Å²) in [6, 6.07) is 15.0. The first-order valence-electron chi connectivity index (χ1n) is 8.19. The minimum absolute atomic E-state index is 0.0979. The van der Waals surface area contributed by atoms with Crippen LogP contribution in [0.3, 0.4) is 0 Å². The van der Waals surface area contributed by atoms with Crippen molar-refractivity contribution in [1.29, 1.82) is 0 Å². The number of nitrogens with two attached hydrogens (primary N) is 1. The Hall–Kier alpha value is -2.33. The number of likely N-dealkylation sites (tertiary alicyclic amines) is 1. The van der Waals surface area contributed by atoms with Gasteiger partial charge < -0.3 is 11.1 Å². The standard InChI is InChI=1S/C19H23N3O/c20-17-8-10-18(11-9-17)21-19(23)16-6-4-15(5-7-16)14-22-12-2-1-3-13-22/h4-11H,1-3,12-14,20H2,(H,21,23). The molecule has 4 heteroatoms. The number of rotatable bonds is 4. The zero-order valence-corrected chi connectivity index (χ0v) is 13.3. The maximum Gasteiger partial charge on any atom is 0.255 e. The minimum Gasteiger partial charge on any atom is -0.399 e. The van der Waals surface area contributed by atoms with Crippen LogP contribution in [0.2, 0.25) is 0 Å². The van der Waals surface area contributed by atoms with E-state index in [-0.39, 0.29) is 5.91 Å². The highest BCUT2D eigenvalue weighted by Gasteiger charge is 2.11. The fourth-order valence-corrected chi connectivity index (χ4v) is 2.91. The van der Waals surface area contributed by atoms with E-state index < -0.39 is 0 Å². The molecule has 3 N–H and O–H groups in total. The molecule has 0 radical (unpaired) electrons. The van der Waals surface area contributed by atoms with Crippen LogP contribution in [-0.2, 0) is 6.54 Å². The number of nitrogen functional groups attached to an aromatic ring is 1. The van der Waals surface area contributed by atoms with E-state index in [1.165, 1.54) is 37.9 Å². The molecule has 0 unspecified atom stereocenters. The topological polar surface area (TPSA) is 58.4 Å². The Morgan fingerprint density at radius 2 is 1.61 bits per heavy atom. The van der Waals surface area contributed by atoms with Gasteiger partial charge in [0.05, 0.1) is 0 Å². The summed E-state index contributed by atoms with van der Waals surface area (Å²) < 4.78 is 0. The third-order valence-corrected chi connectivity index (χ3v) is 4.24. The summed E-state index contributed by atoms with van der Waals surface area (Å²) in [5, 5.41) is 2.88. The fraction of sp³-hybridized carbons (Fsp3) is 0.316. The lowest BCUT2D eigenvalue weighted by atomic mass is 10.1. The van der Waals surface area contributed by atoms with E-state index in [0.717, 1.165) is 12.2 Å². The molecule has 0 spiro atoms. The molecule has 0 atom stereocenters. The van der Waals surface area contributed by atoms with Crippen LogP contribution in [0.4, 0.5) is 11.4 Å². The molecule has 1 fully saturated rings. The van der Waals surface area contributed by atoms with Gasteiger partial charge in [0.25, 0.3) is 5.91 Å². The van der Waals surface area contributed by atoms with Crippen LogP contribution in [0.1, 0.15) is 35.2 Å². The van der Waals surface area contributed by atoms with Crippen LogP contribution in [0.5, 0.6) is 0 Å². The fourth-order valence-electron chi connectivity index (χ4n) is 2.91. The third kappa shape index (κ3) is 4.33. The first-order chi connectivity index (χ1) is 11.2. The van der Waals surface area contributed by atoms with Gasteiger partial charge in [0.15, 0.2) is 0 Å². The van der Waals surface area contributed by atoms with E-state index in [2.05, 4.69) is 10.2 Å². The lowest BCUT2D eigenvalue weighted by Gasteiger charge is -2.26. The molecule has 0 aliphatic carbocycles. The van der Waals surface area contributed by atoms with Crippen molar-refractivity contribution in [3.63, 3.8) is 0 Å². The highest BCUT2D eigenvalue weighted by Crippen LogP contribution is 2.15. The molecule has 1 aliphatic rings. The smallest absolute Gasteiger partial charge is 0.255 e. The number of benzene rings is 2. The lowest BCUT2D eigenvalue weighted by Crippen LogP contribution is -2.29. The molecule has 1 saturated heterocycles. The third-order valence-electron chi connectivity index (χ3n) is 4.24. The summed E-state index contributed by atoms with van der Waals surface area (Å²) in [6.07, 6.45) is 3.94. The highest BCUT2D eigenvalue weighted by molar-refractivity contribution is 6.04. The largest absolute Gasteiger partial charge is 0.399 e. The van der Waals surface area contributed by atoms with Crippen LogP contribution in [-0.4, -0.2) is 23.9 Å². The summed E-state index contributed by atoms with van der Waals surface area (Å²) >= 11 is 0. The van der Waals surface area contributed by atoms with Crippen molar-refractivity contribution in [2.45, 2.75) is 25.8 Å². The van der Waals surface area contributed by atoms with Crippen molar-refractivity contribution in [1.82, 2.24) is 4.90 Å². The molecule has 1 heterocycles. The maximum atomic E-state index is 12.2. The van der Waals surface area contributed by atoms with Crippen LogP contribution >= 0.6 is 0 Å². The van der Waals surface area contributed by atoms with Crippen molar-refractivity contribution in [3.05, 3.63) is 59.7 Å². The second kappa shape index (κ2) is 7.29. The first kappa shape index (κ1) is 15.6. The van der Waals surface area contributed by atoms with Gasteiger partial charge in [-0.15, -0.1) is 0 Å². The van der Waals surface area contributed by atoms with E-state index in [1.807, 2.05) is 24.3 Å². The molecule has 2 aromatic rings. The van der Waals surface area contributed by atoms with Gasteiger partial charge in [-0.05, 0) is 67.9 Å². The predicted octanol–water partition coefficient (Wildman–Crippen LogP) is 3.51. The molecular formula is C19H23N3O. The minimum atomic E-state index is -0.0979. The van der Waals surface area contributed by atoms with Crippen LogP contribution in [0.15, 0.2) is 48.5 Å². The van der Waals surface area contributed by atoms with Crippen molar-refractivity contribution in [2.75, 3.05) is 24.1 Å². The van der Waals surface area contributed by atoms with Gasteiger partial charge in [0, 0.05) is 23.5 Å². The Morgan fingerprint density at radius 1 is 0.957 bits per heavy atom. The van der Waals surface area contributed by atoms with Crippen molar-refractivity contribution >= 4 is 17.3 Å². The molecule has 0 bridgehead atoms. The Morgan fingerprint density at radius 3 is 2.26 bits per heavy atom. The average molecular weight is 309 g/mol. The number of carbonyl (C=O) groups is 1. The van der Waals surface area contributed by atoms with Gasteiger partial charge in [0.1, 0.15) is 0 Å². The van der Waals surface area contributed by atoms with Gasteiger partial charge in [-0.3, -0.25) is 9.69 Å². The number of hydrogen-bond acceptors (Lipinski definition) is 3. The first-order valence-corrected chi connectivity index (χ1v) is 8.19. The Labute approximate surface area is 137 Å². The molecule has 1 aliphatic heterocycles. The molecule has 2 aromatic carbocycles. The van der Waals surface area contributed by atoms with E-state index in [0.29, 0.717) is 11.3 Å². The number of amides is 1. The van der Waals surface area contributed by atoms with Gasteiger partial charge in [-0.2, -0.15) is 0 Å². The van der Waals surface area contributed by atoms with E-state index in [9.17, 15) is 4.79 Å². The Kier molecular flexibility index (Phi) is 4.93. The van der Waals surface area contributed by atoms with Gasteiger partial charge >= 0.3 is 0 Å². The molecule has 0 saturated carbocycles. The summed E-state index contributed by atoms with van der Waals surface area (Å²) in [7, 11) is 0. The van der Waals surface area contributed by atoms with E-state index >= 15 is 0 Å². The van der Waals surface area contributed by atoms with E-state index in [1.54, 1.807) is 24.3 Å². The molecule has 120 valence electrons. The quantitative estimate of drug-likeness (QED) is 0.850. The maximum absolute atomic E-state index is 12.2. The second-order valence-electron chi connectivity index (χ2n) is 6.11. The predicted molar refractivity (Wildman–Crippen MR) is 94.4 cm³/mol. The van der Waals surface area contributed by atoms with Crippen molar-refractivity contribution < 1.29 is 4.79 Å². The number of piperidine rings is 1. The second-order valence-corrected chi connectivity index (χ2v) is 6.11. The molecular weight excluding hydrogens is 286 g/mol. The van der Waals surface area contributed by atoms with Gasteiger partial charge in [0.2, 0.25) is 0 Å². The number of anilines is 2. The Bertz CT molecular complexity index is 643. The Balaban J connectivity index is 1.59. The van der Waals surface area contributed by atoms with Crippen LogP contribution < -0.4 is 11.1 Å². The molecule has 4 nitrogen and oxygen atoms in total. The normalized spacial score (nSPS) is 15.3. The average Bonchev–Trinajstić information content (AvgIpc) is 2.58. The molecule has 23 heavy (non-hydrogen) atoms. The summed E-state index contributed by atoms with van der Waals surface area (Å²) in [5.74, 6) is -0.0979. The monoisotopic (exact) mass is 309 g/mol. The SMILES string of the molecule is Nc1ccc(NC(=O)c2ccc(CN3CCCCC3)cc2)cc1. The zero-order chi connectivity index (χ0) is 16.1. The van der Waals surface area contributed by atoms with E-state index in [4.69, 9.17) is 5.73 Å².